The minimum atomic E-state index is -0.762. The number of aliphatic carboxylic acids is 1. The second kappa shape index (κ2) is 9.13. The molecule has 2 fully saturated rings. The third kappa shape index (κ3) is 4.61. The molecule has 2 aliphatic rings. The number of hydrogen-bond acceptors (Lipinski definition) is 8. The van der Waals surface area contributed by atoms with Gasteiger partial charge in [-0.3, -0.25) is 4.79 Å². The molecule has 0 radical (unpaired) electrons. The predicted octanol–water partition coefficient (Wildman–Crippen LogP) is 2.45. The highest BCUT2D eigenvalue weighted by molar-refractivity contribution is 5.93. The number of benzene rings is 1. The first kappa shape index (κ1) is 21.4. The van der Waals surface area contributed by atoms with E-state index in [1.807, 2.05) is 17.0 Å². The summed E-state index contributed by atoms with van der Waals surface area (Å²) in [4.78, 5) is 25.5. The third-order valence-corrected chi connectivity index (χ3v) is 6.30. The van der Waals surface area contributed by atoms with Crippen LogP contribution in [-0.4, -0.2) is 79.4 Å². The Morgan fingerprint density at radius 2 is 1.81 bits per heavy atom. The van der Waals surface area contributed by atoms with E-state index in [0.29, 0.717) is 36.5 Å². The Morgan fingerprint density at radius 1 is 1.10 bits per heavy atom. The Kier molecular flexibility index (Phi) is 6.31. The molecule has 4 rings (SSSR count). The lowest BCUT2D eigenvalue weighted by Gasteiger charge is -2.32. The first-order valence-electron chi connectivity index (χ1n) is 10.8. The van der Waals surface area contributed by atoms with Gasteiger partial charge in [0.05, 0.1) is 25.7 Å². The maximum atomic E-state index is 11.5. The molecule has 0 saturated carbocycles. The fourth-order valence-corrected chi connectivity index (χ4v) is 4.40. The number of nitrogens with zero attached hydrogens (tertiary/aromatic N) is 4. The average Bonchev–Trinajstić information content (AvgIpc) is 2.79. The molecule has 2 aliphatic heterocycles. The smallest absolute Gasteiger partial charge is 0.308 e. The zero-order valence-corrected chi connectivity index (χ0v) is 18.4. The van der Waals surface area contributed by atoms with Crippen LogP contribution in [0.1, 0.15) is 25.7 Å². The van der Waals surface area contributed by atoms with Crippen LogP contribution in [0, 0.1) is 5.92 Å². The van der Waals surface area contributed by atoms with Gasteiger partial charge in [0, 0.05) is 30.6 Å². The van der Waals surface area contributed by atoms with Crippen LogP contribution in [0.15, 0.2) is 12.1 Å². The van der Waals surface area contributed by atoms with Crippen molar-refractivity contribution < 1.29 is 19.4 Å². The highest BCUT2D eigenvalue weighted by Crippen LogP contribution is 2.36. The highest BCUT2D eigenvalue weighted by atomic mass is 16.5. The fourth-order valence-electron chi connectivity index (χ4n) is 4.40. The quantitative estimate of drug-likeness (QED) is 0.717. The van der Waals surface area contributed by atoms with Gasteiger partial charge in [-0.05, 0) is 51.9 Å². The Morgan fingerprint density at radius 3 is 2.48 bits per heavy atom. The van der Waals surface area contributed by atoms with Crippen molar-refractivity contribution in [2.75, 3.05) is 57.7 Å². The Labute approximate surface area is 182 Å². The van der Waals surface area contributed by atoms with Gasteiger partial charge in [-0.15, -0.1) is 0 Å². The lowest BCUT2D eigenvalue weighted by Crippen LogP contribution is -2.40. The van der Waals surface area contributed by atoms with Crippen LogP contribution >= 0.6 is 0 Å². The number of carboxylic acid groups (broad SMARTS) is 1. The standard InChI is InChI=1S/C22H31N5O4/c1-26-9-6-15(7-10-26)23-20-16-11-18(30-2)19(31-3)12-17(16)24-22(25-20)27-8-4-5-14(13-27)21(28)29/h11-12,14-15H,4-10,13H2,1-3H3,(H,28,29)(H,23,24,25). The van der Waals surface area contributed by atoms with E-state index in [9.17, 15) is 9.90 Å². The molecule has 1 aromatic heterocycles. The highest BCUT2D eigenvalue weighted by Gasteiger charge is 2.28. The van der Waals surface area contributed by atoms with Crippen molar-refractivity contribution in [3.05, 3.63) is 12.1 Å². The fraction of sp³-hybridized carbons (Fsp3) is 0.591. The molecule has 9 nitrogen and oxygen atoms in total. The van der Waals surface area contributed by atoms with E-state index in [1.165, 1.54) is 0 Å². The van der Waals surface area contributed by atoms with Crippen molar-refractivity contribution >= 4 is 28.6 Å². The summed E-state index contributed by atoms with van der Waals surface area (Å²) in [5, 5.41) is 14.0. The van der Waals surface area contributed by atoms with E-state index >= 15 is 0 Å². The SMILES string of the molecule is COc1cc2nc(N3CCCC(C(=O)O)C3)nc(NC3CCN(C)CC3)c2cc1OC. The van der Waals surface area contributed by atoms with Crippen molar-refractivity contribution in [3.8, 4) is 11.5 Å². The largest absolute Gasteiger partial charge is 0.493 e. The van der Waals surface area contributed by atoms with Gasteiger partial charge in [0.25, 0.3) is 0 Å². The maximum Gasteiger partial charge on any atom is 0.308 e. The molecule has 0 spiro atoms. The van der Waals surface area contributed by atoms with E-state index in [1.54, 1.807) is 14.2 Å². The second-order valence-electron chi connectivity index (χ2n) is 8.44. The molecule has 31 heavy (non-hydrogen) atoms. The zero-order chi connectivity index (χ0) is 22.0. The summed E-state index contributed by atoms with van der Waals surface area (Å²) in [5.74, 6) is 1.38. The normalized spacial score (nSPS) is 20.6. The minimum Gasteiger partial charge on any atom is -0.493 e. The number of aromatic nitrogens is 2. The minimum absolute atomic E-state index is 0.323. The summed E-state index contributed by atoms with van der Waals surface area (Å²) in [6, 6.07) is 4.09. The van der Waals surface area contributed by atoms with Gasteiger partial charge < -0.3 is 29.7 Å². The Hall–Kier alpha value is -2.81. The van der Waals surface area contributed by atoms with Crippen molar-refractivity contribution in [2.45, 2.75) is 31.7 Å². The number of rotatable bonds is 6. The number of likely N-dealkylation sites (tertiary alicyclic amines) is 1. The topological polar surface area (TPSA) is 100 Å². The number of carboxylic acids is 1. The molecule has 9 heteroatoms. The Balaban J connectivity index is 1.73. The molecule has 2 aromatic rings. The lowest BCUT2D eigenvalue weighted by atomic mass is 9.99. The van der Waals surface area contributed by atoms with Gasteiger partial charge in [0.2, 0.25) is 5.95 Å². The van der Waals surface area contributed by atoms with Crippen molar-refractivity contribution in [2.24, 2.45) is 5.92 Å². The monoisotopic (exact) mass is 429 g/mol. The molecule has 3 heterocycles. The third-order valence-electron chi connectivity index (χ3n) is 6.30. The summed E-state index contributed by atoms with van der Waals surface area (Å²) >= 11 is 0. The molecular formula is C22H31N5O4. The Bertz CT molecular complexity index is 945. The predicted molar refractivity (Wildman–Crippen MR) is 119 cm³/mol. The number of anilines is 2. The zero-order valence-electron chi connectivity index (χ0n) is 18.4. The van der Waals surface area contributed by atoms with E-state index in [-0.39, 0.29) is 0 Å². The average molecular weight is 430 g/mol. The molecule has 0 aliphatic carbocycles. The number of piperidine rings is 2. The first-order chi connectivity index (χ1) is 15.0. The van der Waals surface area contributed by atoms with Gasteiger partial charge in [-0.1, -0.05) is 0 Å². The van der Waals surface area contributed by atoms with Gasteiger partial charge >= 0.3 is 5.97 Å². The number of nitrogens with one attached hydrogen (secondary N) is 1. The van der Waals surface area contributed by atoms with Crippen LogP contribution in [0.25, 0.3) is 10.9 Å². The molecule has 0 amide bonds. The molecule has 2 N–H and O–H groups in total. The first-order valence-corrected chi connectivity index (χ1v) is 10.8. The lowest BCUT2D eigenvalue weighted by molar-refractivity contribution is -0.141. The van der Waals surface area contributed by atoms with Gasteiger partial charge in [0.1, 0.15) is 5.82 Å². The van der Waals surface area contributed by atoms with E-state index in [2.05, 4.69) is 17.3 Å². The number of ether oxygens (including phenoxy) is 2. The van der Waals surface area contributed by atoms with Crippen molar-refractivity contribution in [1.29, 1.82) is 0 Å². The number of methoxy groups -OCH3 is 2. The molecular weight excluding hydrogens is 398 g/mol. The van der Waals surface area contributed by atoms with Gasteiger partial charge in [-0.25, -0.2) is 4.98 Å². The van der Waals surface area contributed by atoms with Crippen LogP contribution in [-0.2, 0) is 4.79 Å². The van der Waals surface area contributed by atoms with Crippen LogP contribution in [0.5, 0.6) is 11.5 Å². The molecule has 0 bridgehead atoms. The summed E-state index contributed by atoms with van der Waals surface area (Å²) in [7, 11) is 5.36. The van der Waals surface area contributed by atoms with Crippen molar-refractivity contribution in [1.82, 2.24) is 14.9 Å². The van der Waals surface area contributed by atoms with Crippen molar-refractivity contribution in [3.63, 3.8) is 0 Å². The van der Waals surface area contributed by atoms with E-state index < -0.39 is 11.9 Å². The molecule has 168 valence electrons. The van der Waals surface area contributed by atoms with Crippen LogP contribution in [0.2, 0.25) is 0 Å². The summed E-state index contributed by atoms with van der Waals surface area (Å²) in [6.45, 7) is 3.24. The molecule has 1 atom stereocenters. The van der Waals surface area contributed by atoms with Gasteiger partial charge in [0.15, 0.2) is 11.5 Å². The molecule has 1 aromatic carbocycles. The summed E-state index contributed by atoms with van der Waals surface area (Å²) in [5.41, 5.74) is 0.746. The molecule has 1 unspecified atom stereocenters. The van der Waals surface area contributed by atoms with E-state index in [0.717, 1.165) is 55.6 Å². The summed E-state index contributed by atoms with van der Waals surface area (Å²) < 4.78 is 11.0. The number of fused-ring (bicyclic) bond motifs is 1. The number of carbonyl (C=O) groups is 1. The van der Waals surface area contributed by atoms with Crippen LogP contribution in [0.3, 0.4) is 0 Å². The van der Waals surface area contributed by atoms with Crippen LogP contribution in [0.4, 0.5) is 11.8 Å². The number of hydrogen-bond donors (Lipinski definition) is 2. The van der Waals surface area contributed by atoms with Crippen LogP contribution < -0.4 is 19.7 Å². The summed E-state index contributed by atoms with van der Waals surface area (Å²) in [6.07, 6.45) is 3.57. The second-order valence-corrected chi connectivity index (χ2v) is 8.44. The molecule has 2 saturated heterocycles. The van der Waals surface area contributed by atoms with Gasteiger partial charge in [-0.2, -0.15) is 4.98 Å². The maximum absolute atomic E-state index is 11.5. The van der Waals surface area contributed by atoms with E-state index in [4.69, 9.17) is 19.4 Å².